The van der Waals surface area contributed by atoms with Crippen LogP contribution in [0.15, 0.2) is 47.4 Å². The van der Waals surface area contributed by atoms with Gasteiger partial charge in [-0.3, -0.25) is 4.57 Å². The Labute approximate surface area is 109 Å². The van der Waals surface area contributed by atoms with Crippen molar-refractivity contribution in [3.05, 3.63) is 58.6 Å². The van der Waals surface area contributed by atoms with E-state index in [1.54, 1.807) is 29.9 Å². The Bertz CT molecular complexity index is 867. The molecule has 0 bridgehead atoms. The van der Waals surface area contributed by atoms with E-state index in [0.29, 0.717) is 11.4 Å². The molecular formula is C14H10N4O. The van der Waals surface area contributed by atoms with E-state index >= 15 is 0 Å². The summed E-state index contributed by atoms with van der Waals surface area (Å²) in [4.78, 5) is 16.5. The smallest absolute Gasteiger partial charge is 0.295 e. The van der Waals surface area contributed by atoms with E-state index in [2.05, 4.69) is 11.1 Å². The largest absolute Gasteiger partial charge is 0.334 e. The minimum absolute atomic E-state index is 0.212. The summed E-state index contributed by atoms with van der Waals surface area (Å²) in [6.45, 7) is 0. The van der Waals surface area contributed by atoms with Gasteiger partial charge in [0.2, 0.25) is 0 Å². The molecule has 0 amide bonds. The van der Waals surface area contributed by atoms with Crippen LogP contribution in [-0.4, -0.2) is 14.1 Å². The van der Waals surface area contributed by atoms with Crippen molar-refractivity contribution < 1.29 is 0 Å². The number of para-hydroxylation sites is 2. The summed E-state index contributed by atoms with van der Waals surface area (Å²) in [6.07, 6.45) is 1.57. The molecule has 2 heterocycles. The zero-order chi connectivity index (χ0) is 13.4. The molecular weight excluding hydrogens is 240 g/mol. The fraction of sp³-hybridized carbons (Fsp3) is 0.0714. The second-order valence-corrected chi connectivity index (χ2v) is 4.15. The molecule has 3 aromatic rings. The van der Waals surface area contributed by atoms with Crippen molar-refractivity contribution in [2.45, 2.75) is 0 Å². The summed E-state index contributed by atoms with van der Waals surface area (Å²) >= 11 is 0. The lowest BCUT2D eigenvalue weighted by Crippen LogP contribution is -2.22. The van der Waals surface area contributed by atoms with E-state index in [9.17, 15) is 4.79 Å². The van der Waals surface area contributed by atoms with Crippen molar-refractivity contribution in [2.75, 3.05) is 0 Å². The van der Waals surface area contributed by atoms with Gasteiger partial charge in [-0.1, -0.05) is 12.1 Å². The molecule has 0 aliphatic heterocycles. The lowest BCUT2D eigenvalue weighted by molar-refractivity contribution is 0.833. The lowest BCUT2D eigenvalue weighted by atomic mass is 10.2. The number of hydrogen-bond donors (Lipinski definition) is 0. The number of aromatic nitrogens is 3. The van der Waals surface area contributed by atoms with Crippen molar-refractivity contribution in [1.29, 1.82) is 5.26 Å². The number of aryl methyl sites for hydroxylation is 1. The molecule has 0 aliphatic rings. The molecule has 0 radical (unpaired) electrons. The molecule has 0 saturated heterocycles. The van der Waals surface area contributed by atoms with Gasteiger partial charge >= 0.3 is 5.69 Å². The molecule has 3 rings (SSSR count). The minimum Gasteiger partial charge on any atom is -0.295 e. The summed E-state index contributed by atoms with van der Waals surface area (Å²) in [7, 11) is 1.70. The second kappa shape index (κ2) is 4.10. The van der Waals surface area contributed by atoms with Gasteiger partial charge in [-0.05, 0) is 24.3 Å². The Kier molecular flexibility index (Phi) is 2.43. The van der Waals surface area contributed by atoms with Crippen LogP contribution in [0.4, 0.5) is 0 Å². The number of nitriles is 1. The molecule has 19 heavy (non-hydrogen) atoms. The third-order valence-electron chi connectivity index (χ3n) is 3.08. The molecule has 2 aromatic heterocycles. The van der Waals surface area contributed by atoms with Crippen LogP contribution in [0.1, 0.15) is 5.56 Å². The summed E-state index contributed by atoms with van der Waals surface area (Å²) < 4.78 is 3.01. The van der Waals surface area contributed by atoms with Crippen LogP contribution in [0.2, 0.25) is 0 Å². The Morgan fingerprint density at radius 1 is 1.16 bits per heavy atom. The highest BCUT2D eigenvalue weighted by atomic mass is 16.1. The van der Waals surface area contributed by atoms with Gasteiger partial charge in [0.15, 0.2) is 5.82 Å². The van der Waals surface area contributed by atoms with Crippen molar-refractivity contribution >= 4 is 11.0 Å². The first kappa shape index (κ1) is 11.2. The van der Waals surface area contributed by atoms with Crippen molar-refractivity contribution in [3.8, 4) is 11.9 Å². The average molecular weight is 250 g/mol. The molecule has 0 N–H and O–H groups in total. The summed E-state index contributed by atoms with van der Waals surface area (Å²) in [5.74, 6) is 0.367. The van der Waals surface area contributed by atoms with Crippen LogP contribution < -0.4 is 5.69 Å². The molecule has 0 saturated carbocycles. The maximum atomic E-state index is 12.3. The zero-order valence-corrected chi connectivity index (χ0v) is 10.2. The van der Waals surface area contributed by atoms with E-state index in [4.69, 9.17) is 5.26 Å². The Morgan fingerprint density at radius 2 is 1.89 bits per heavy atom. The standard InChI is InChI=1S/C14H10N4O/c1-17-11-6-2-3-7-12(11)18(14(17)19)13-10(9-15)5-4-8-16-13/h2-8H,1H3. The predicted octanol–water partition coefficient (Wildman–Crippen LogP) is 1.60. The lowest BCUT2D eigenvalue weighted by Gasteiger charge is -2.03. The van der Waals surface area contributed by atoms with Gasteiger partial charge in [-0.15, -0.1) is 0 Å². The quantitative estimate of drug-likeness (QED) is 0.659. The zero-order valence-electron chi connectivity index (χ0n) is 10.2. The van der Waals surface area contributed by atoms with Gasteiger partial charge in [0.1, 0.15) is 6.07 Å². The first-order chi connectivity index (χ1) is 9.24. The number of nitrogens with zero attached hydrogens (tertiary/aromatic N) is 4. The molecule has 5 heteroatoms. The highest BCUT2D eigenvalue weighted by molar-refractivity contribution is 5.78. The number of rotatable bonds is 1. The molecule has 1 aromatic carbocycles. The van der Waals surface area contributed by atoms with Crippen LogP contribution in [-0.2, 0) is 7.05 Å². The number of fused-ring (bicyclic) bond motifs is 1. The topological polar surface area (TPSA) is 63.6 Å². The molecule has 0 unspecified atom stereocenters. The van der Waals surface area contributed by atoms with Crippen LogP contribution in [0.25, 0.3) is 16.9 Å². The van der Waals surface area contributed by atoms with Crippen LogP contribution in [0, 0.1) is 11.3 Å². The molecule has 5 nitrogen and oxygen atoms in total. The number of imidazole rings is 1. The maximum Gasteiger partial charge on any atom is 0.334 e. The van der Waals surface area contributed by atoms with Gasteiger partial charge in [-0.25, -0.2) is 14.3 Å². The number of pyridine rings is 1. The molecule has 0 fully saturated rings. The average Bonchev–Trinajstić information content (AvgIpc) is 2.71. The Balaban J connectivity index is 2.48. The summed E-state index contributed by atoms with van der Waals surface area (Å²) in [5, 5.41) is 9.14. The summed E-state index contributed by atoms with van der Waals surface area (Å²) in [6, 6.07) is 12.8. The Morgan fingerprint density at radius 3 is 2.63 bits per heavy atom. The highest BCUT2D eigenvalue weighted by Gasteiger charge is 2.15. The third kappa shape index (κ3) is 1.54. The van der Waals surface area contributed by atoms with E-state index < -0.39 is 0 Å². The van der Waals surface area contributed by atoms with Gasteiger partial charge < -0.3 is 0 Å². The first-order valence-corrected chi connectivity index (χ1v) is 5.76. The molecule has 0 aliphatic carbocycles. The van der Waals surface area contributed by atoms with Gasteiger partial charge in [0.05, 0.1) is 16.6 Å². The van der Waals surface area contributed by atoms with Crippen molar-refractivity contribution in [1.82, 2.24) is 14.1 Å². The normalized spacial score (nSPS) is 10.5. The van der Waals surface area contributed by atoms with Gasteiger partial charge in [0.25, 0.3) is 0 Å². The number of hydrogen-bond acceptors (Lipinski definition) is 3. The first-order valence-electron chi connectivity index (χ1n) is 5.76. The van der Waals surface area contributed by atoms with E-state index in [-0.39, 0.29) is 5.69 Å². The van der Waals surface area contributed by atoms with Crippen molar-refractivity contribution in [2.24, 2.45) is 7.05 Å². The van der Waals surface area contributed by atoms with Crippen LogP contribution in [0.3, 0.4) is 0 Å². The molecule has 92 valence electrons. The molecule has 0 atom stereocenters. The van der Waals surface area contributed by atoms with E-state index in [0.717, 1.165) is 11.0 Å². The predicted molar refractivity (Wildman–Crippen MR) is 71.0 cm³/mol. The van der Waals surface area contributed by atoms with Crippen LogP contribution in [0.5, 0.6) is 0 Å². The van der Waals surface area contributed by atoms with Gasteiger partial charge in [0, 0.05) is 13.2 Å². The van der Waals surface area contributed by atoms with Crippen molar-refractivity contribution in [3.63, 3.8) is 0 Å². The van der Waals surface area contributed by atoms with Gasteiger partial charge in [-0.2, -0.15) is 5.26 Å². The number of benzene rings is 1. The molecule has 0 spiro atoms. The second-order valence-electron chi connectivity index (χ2n) is 4.15. The van der Waals surface area contributed by atoms with E-state index in [1.807, 2.05) is 24.3 Å². The monoisotopic (exact) mass is 250 g/mol. The third-order valence-corrected chi connectivity index (χ3v) is 3.08. The van der Waals surface area contributed by atoms with Crippen LogP contribution >= 0.6 is 0 Å². The maximum absolute atomic E-state index is 12.3. The minimum atomic E-state index is -0.212. The summed E-state index contributed by atoms with van der Waals surface area (Å²) in [5.41, 5.74) is 1.71. The highest BCUT2D eigenvalue weighted by Crippen LogP contribution is 2.17. The fourth-order valence-corrected chi connectivity index (χ4v) is 2.16. The van der Waals surface area contributed by atoms with E-state index in [1.165, 1.54) is 4.57 Å². The fourth-order valence-electron chi connectivity index (χ4n) is 2.16. The Hall–Kier alpha value is -2.87. The SMILES string of the molecule is Cn1c(=O)n(-c2ncccc2C#N)c2ccccc21.